The number of hydrogen-bond donors (Lipinski definition) is 2. The van der Waals surface area contributed by atoms with Gasteiger partial charge in [0, 0.05) is 36.9 Å². The molecule has 0 aromatic carbocycles. The van der Waals surface area contributed by atoms with Crippen molar-refractivity contribution in [1.82, 2.24) is 19.9 Å². The van der Waals surface area contributed by atoms with Gasteiger partial charge in [0.1, 0.15) is 5.82 Å². The van der Waals surface area contributed by atoms with Crippen molar-refractivity contribution < 1.29 is 0 Å². The van der Waals surface area contributed by atoms with Crippen LogP contribution in [0, 0.1) is 0 Å². The van der Waals surface area contributed by atoms with Gasteiger partial charge in [0.25, 0.3) is 0 Å². The number of nitrogens with zero attached hydrogens (tertiary/aromatic N) is 3. The van der Waals surface area contributed by atoms with Gasteiger partial charge in [0.05, 0.1) is 0 Å². The van der Waals surface area contributed by atoms with Crippen LogP contribution in [-0.2, 0) is 13.0 Å². The Balaban J connectivity index is 2.08. The van der Waals surface area contributed by atoms with Crippen molar-refractivity contribution in [2.24, 2.45) is 5.84 Å². The number of likely N-dealkylation sites (tertiary alicyclic amines) is 1. The summed E-state index contributed by atoms with van der Waals surface area (Å²) in [4.78, 5) is 7.11. The molecule has 3 N–H and O–H groups in total. The Kier molecular flexibility index (Phi) is 5.79. The first-order chi connectivity index (χ1) is 10.1. The van der Waals surface area contributed by atoms with Crippen LogP contribution in [0.3, 0.4) is 0 Å². The molecule has 1 saturated heterocycles. The van der Waals surface area contributed by atoms with Gasteiger partial charge >= 0.3 is 0 Å². The highest BCUT2D eigenvalue weighted by Crippen LogP contribution is 2.25. The fourth-order valence-electron chi connectivity index (χ4n) is 3.36. The van der Waals surface area contributed by atoms with Crippen molar-refractivity contribution in [3.8, 4) is 0 Å². The van der Waals surface area contributed by atoms with E-state index in [0.29, 0.717) is 0 Å². The molecule has 1 aromatic heterocycles. The summed E-state index contributed by atoms with van der Waals surface area (Å²) in [5, 5.41) is 0. The Morgan fingerprint density at radius 2 is 2.05 bits per heavy atom. The zero-order valence-corrected chi connectivity index (χ0v) is 13.8. The minimum Gasteiger partial charge on any atom is -0.335 e. The molecule has 21 heavy (non-hydrogen) atoms. The van der Waals surface area contributed by atoms with E-state index in [1.54, 1.807) is 0 Å². The van der Waals surface area contributed by atoms with Gasteiger partial charge in [0.15, 0.2) is 0 Å². The van der Waals surface area contributed by atoms with E-state index in [0.717, 1.165) is 25.2 Å². The van der Waals surface area contributed by atoms with Crippen molar-refractivity contribution >= 4 is 0 Å². The minimum atomic E-state index is 0.0398. The molecule has 120 valence electrons. The highest BCUT2D eigenvalue weighted by molar-refractivity contribution is 5.02. The summed E-state index contributed by atoms with van der Waals surface area (Å²) >= 11 is 0. The predicted molar refractivity (Wildman–Crippen MR) is 86.8 cm³/mol. The number of rotatable bonds is 7. The lowest BCUT2D eigenvalue weighted by Crippen LogP contribution is -2.61. The molecule has 0 aliphatic carbocycles. The van der Waals surface area contributed by atoms with Crippen LogP contribution in [0.4, 0.5) is 0 Å². The number of nitrogens with two attached hydrogens (primary N) is 1. The zero-order chi connectivity index (χ0) is 15.3. The normalized spacial score (nSPS) is 18.9. The third-order valence-corrected chi connectivity index (χ3v) is 4.88. The molecule has 5 heteroatoms. The Morgan fingerprint density at radius 3 is 2.67 bits per heavy atom. The minimum absolute atomic E-state index is 0.0398. The average molecular weight is 293 g/mol. The second-order valence-corrected chi connectivity index (χ2v) is 6.66. The van der Waals surface area contributed by atoms with Crippen LogP contribution in [0.15, 0.2) is 12.4 Å². The van der Waals surface area contributed by atoms with E-state index < -0.39 is 0 Å². The maximum Gasteiger partial charge on any atom is 0.110 e. The summed E-state index contributed by atoms with van der Waals surface area (Å²) in [6.45, 7) is 10.2. The van der Waals surface area contributed by atoms with E-state index in [-0.39, 0.29) is 11.6 Å². The number of aryl methyl sites for hydroxylation is 1. The summed E-state index contributed by atoms with van der Waals surface area (Å²) in [6.07, 6.45) is 9.91. The Bertz CT molecular complexity index is 420. The van der Waals surface area contributed by atoms with Gasteiger partial charge in [0.2, 0.25) is 0 Å². The smallest absolute Gasteiger partial charge is 0.110 e. The standard InChI is InChI=1S/C16H31N5/c1-4-9-20-12-8-18-15(20)13-14(19-17)16(2,3)21-10-6-5-7-11-21/h8,12,14,19H,4-7,9-11,13,17H2,1-3H3. The lowest BCUT2D eigenvalue weighted by atomic mass is 9.88. The summed E-state index contributed by atoms with van der Waals surface area (Å²) < 4.78 is 2.25. The van der Waals surface area contributed by atoms with Gasteiger partial charge in [-0.05, 0) is 46.2 Å². The molecular weight excluding hydrogens is 262 g/mol. The third kappa shape index (κ3) is 3.84. The fourth-order valence-corrected chi connectivity index (χ4v) is 3.36. The van der Waals surface area contributed by atoms with Gasteiger partial charge in [-0.2, -0.15) is 0 Å². The quantitative estimate of drug-likeness (QED) is 0.596. The molecule has 2 heterocycles. The van der Waals surface area contributed by atoms with Crippen LogP contribution in [0.25, 0.3) is 0 Å². The molecule has 1 unspecified atom stereocenters. The zero-order valence-electron chi connectivity index (χ0n) is 13.8. The van der Waals surface area contributed by atoms with Crippen molar-refractivity contribution in [1.29, 1.82) is 0 Å². The first kappa shape index (κ1) is 16.5. The molecule has 1 aromatic rings. The molecule has 0 saturated carbocycles. The second kappa shape index (κ2) is 7.38. The first-order valence-corrected chi connectivity index (χ1v) is 8.30. The molecule has 1 aliphatic rings. The monoisotopic (exact) mass is 293 g/mol. The summed E-state index contributed by atoms with van der Waals surface area (Å²) in [7, 11) is 0. The molecule has 0 bridgehead atoms. The van der Waals surface area contributed by atoms with Gasteiger partial charge in [-0.25, -0.2) is 4.98 Å². The van der Waals surface area contributed by atoms with Crippen LogP contribution in [0.2, 0.25) is 0 Å². The molecule has 1 aliphatic heterocycles. The third-order valence-electron chi connectivity index (χ3n) is 4.88. The number of hydrogen-bond acceptors (Lipinski definition) is 4. The van der Waals surface area contributed by atoms with Gasteiger partial charge in [-0.3, -0.25) is 16.2 Å². The van der Waals surface area contributed by atoms with Crippen molar-refractivity contribution in [3.63, 3.8) is 0 Å². The molecule has 1 fully saturated rings. The molecule has 0 radical (unpaired) electrons. The number of hydrazine groups is 1. The maximum absolute atomic E-state index is 5.89. The summed E-state index contributed by atoms with van der Waals surface area (Å²) in [5.74, 6) is 7.02. The van der Waals surface area contributed by atoms with E-state index in [9.17, 15) is 0 Å². The van der Waals surface area contributed by atoms with E-state index in [1.807, 2.05) is 6.20 Å². The SMILES string of the molecule is CCCn1ccnc1CC(NN)C(C)(C)N1CCCCC1. The van der Waals surface area contributed by atoms with Crippen LogP contribution < -0.4 is 11.3 Å². The Hall–Kier alpha value is -0.910. The molecule has 0 amide bonds. The van der Waals surface area contributed by atoms with Gasteiger partial charge in [-0.15, -0.1) is 0 Å². The van der Waals surface area contributed by atoms with Crippen molar-refractivity contribution in [2.75, 3.05) is 13.1 Å². The molecule has 5 nitrogen and oxygen atoms in total. The van der Waals surface area contributed by atoms with E-state index >= 15 is 0 Å². The van der Waals surface area contributed by atoms with E-state index in [4.69, 9.17) is 5.84 Å². The van der Waals surface area contributed by atoms with Crippen LogP contribution >= 0.6 is 0 Å². The average Bonchev–Trinajstić information content (AvgIpc) is 2.93. The van der Waals surface area contributed by atoms with E-state index in [2.05, 4.69) is 46.8 Å². The number of nitrogens with one attached hydrogen (secondary N) is 1. The topological polar surface area (TPSA) is 59.1 Å². The predicted octanol–water partition coefficient (Wildman–Crippen LogP) is 1.93. The van der Waals surface area contributed by atoms with Crippen LogP contribution in [-0.4, -0.2) is 39.1 Å². The lowest BCUT2D eigenvalue weighted by Gasteiger charge is -2.45. The van der Waals surface area contributed by atoms with Gasteiger partial charge < -0.3 is 4.57 Å². The number of imidazole rings is 1. The second-order valence-electron chi connectivity index (χ2n) is 6.66. The van der Waals surface area contributed by atoms with Crippen molar-refractivity contribution in [3.05, 3.63) is 18.2 Å². The van der Waals surface area contributed by atoms with Crippen LogP contribution in [0.5, 0.6) is 0 Å². The van der Waals surface area contributed by atoms with Crippen LogP contribution in [0.1, 0.15) is 52.3 Å². The Labute approximate surface area is 128 Å². The molecule has 1 atom stereocenters. The van der Waals surface area contributed by atoms with Gasteiger partial charge in [-0.1, -0.05) is 13.3 Å². The van der Waals surface area contributed by atoms with E-state index in [1.165, 1.54) is 32.4 Å². The maximum atomic E-state index is 5.89. The fraction of sp³-hybridized carbons (Fsp3) is 0.812. The first-order valence-electron chi connectivity index (χ1n) is 8.30. The molecular formula is C16H31N5. The number of aromatic nitrogens is 2. The largest absolute Gasteiger partial charge is 0.335 e. The number of piperidine rings is 1. The summed E-state index contributed by atoms with van der Waals surface area (Å²) in [5.41, 5.74) is 3.09. The molecule has 2 rings (SSSR count). The highest BCUT2D eigenvalue weighted by atomic mass is 15.3. The summed E-state index contributed by atoms with van der Waals surface area (Å²) in [6, 6.07) is 0.202. The lowest BCUT2D eigenvalue weighted by molar-refractivity contribution is 0.0602. The van der Waals surface area contributed by atoms with Crippen molar-refractivity contribution in [2.45, 2.75) is 71.0 Å². The highest BCUT2D eigenvalue weighted by Gasteiger charge is 2.36. The Morgan fingerprint density at radius 1 is 1.33 bits per heavy atom. The molecule has 0 spiro atoms.